The highest BCUT2D eigenvalue weighted by Gasteiger charge is 2.34. The van der Waals surface area contributed by atoms with Crippen LogP contribution in [0, 0.1) is 11.6 Å². The molecule has 1 N–H and O–H groups in total. The van der Waals surface area contributed by atoms with Crippen molar-refractivity contribution < 1.29 is 30.4 Å². The number of hydrogen-bond donors (Lipinski definition) is 1. The van der Waals surface area contributed by atoms with Crippen molar-refractivity contribution in [2.45, 2.75) is 11.9 Å². The van der Waals surface area contributed by atoms with E-state index in [-0.39, 0.29) is 10.6 Å². The molecule has 2 rings (SSSR count). The number of anilines is 1. The first-order valence-electron chi connectivity index (χ1n) is 6.29. The maximum atomic E-state index is 13.5. The quantitative estimate of drug-likeness (QED) is 0.783. The highest BCUT2D eigenvalue weighted by atomic mass is 35.5. The van der Waals surface area contributed by atoms with Crippen LogP contribution in [0.1, 0.15) is 11.1 Å². The molecule has 0 amide bonds. The molecule has 0 aliphatic heterocycles. The minimum atomic E-state index is -4.84. The lowest BCUT2D eigenvalue weighted by Gasteiger charge is -2.15. The Hall–Kier alpha value is -1.87. The molecule has 0 heterocycles. The first-order valence-corrected chi connectivity index (χ1v) is 8.32. The standard InChI is InChI=1S/C14H9ClF5NO2S/c15-9-2-4-13(11(5-9)14(18,19)20)21-24(22,23)7-8-1-3-10(16)6-12(8)17/h1-6,21H,7H2. The Balaban J connectivity index is 2.33. The van der Waals surface area contributed by atoms with Gasteiger partial charge in [0.1, 0.15) is 11.6 Å². The molecule has 0 saturated carbocycles. The smallest absolute Gasteiger partial charge is 0.283 e. The Labute approximate surface area is 139 Å². The van der Waals surface area contributed by atoms with Gasteiger partial charge in [-0.25, -0.2) is 17.2 Å². The molecule has 0 aliphatic carbocycles. The summed E-state index contributed by atoms with van der Waals surface area (Å²) in [4.78, 5) is 0. The number of rotatable bonds is 4. The van der Waals surface area contributed by atoms with Crippen molar-refractivity contribution in [3.63, 3.8) is 0 Å². The molecular formula is C14H9ClF5NO2S. The number of benzene rings is 2. The average molecular weight is 386 g/mol. The molecular weight excluding hydrogens is 377 g/mol. The Morgan fingerprint density at radius 3 is 2.29 bits per heavy atom. The lowest BCUT2D eigenvalue weighted by molar-refractivity contribution is -0.136. The molecule has 0 aromatic heterocycles. The summed E-state index contributed by atoms with van der Waals surface area (Å²) in [6.45, 7) is 0. The largest absolute Gasteiger partial charge is 0.418 e. The van der Waals surface area contributed by atoms with Crippen LogP contribution in [0.2, 0.25) is 5.02 Å². The van der Waals surface area contributed by atoms with Crippen LogP contribution < -0.4 is 4.72 Å². The molecule has 10 heteroatoms. The van der Waals surface area contributed by atoms with Gasteiger partial charge in [0.05, 0.1) is 17.0 Å². The zero-order valence-electron chi connectivity index (χ0n) is 11.7. The molecule has 130 valence electrons. The molecule has 24 heavy (non-hydrogen) atoms. The SMILES string of the molecule is O=S(=O)(Cc1ccc(F)cc1F)Nc1ccc(Cl)cc1C(F)(F)F. The van der Waals surface area contributed by atoms with Crippen LogP contribution in [0.15, 0.2) is 36.4 Å². The van der Waals surface area contributed by atoms with E-state index in [1.807, 2.05) is 0 Å². The van der Waals surface area contributed by atoms with Crippen molar-refractivity contribution in [2.24, 2.45) is 0 Å². The van der Waals surface area contributed by atoms with Gasteiger partial charge in [0.25, 0.3) is 0 Å². The topological polar surface area (TPSA) is 46.2 Å². The van der Waals surface area contributed by atoms with Crippen LogP contribution in [0.3, 0.4) is 0 Å². The molecule has 0 unspecified atom stereocenters. The number of nitrogens with one attached hydrogen (secondary N) is 1. The molecule has 0 fully saturated rings. The van der Waals surface area contributed by atoms with Crippen molar-refractivity contribution in [1.29, 1.82) is 0 Å². The third kappa shape index (κ3) is 4.57. The van der Waals surface area contributed by atoms with E-state index in [9.17, 15) is 30.4 Å². The monoisotopic (exact) mass is 385 g/mol. The fourth-order valence-corrected chi connectivity index (χ4v) is 3.29. The second kappa shape index (κ2) is 6.56. The molecule has 0 bridgehead atoms. The van der Waals surface area contributed by atoms with Crippen molar-refractivity contribution in [2.75, 3.05) is 4.72 Å². The van der Waals surface area contributed by atoms with Crippen LogP contribution in [0.4, 0.5) is 27.6 Å². The van der Waals surface area contributed by atoms with E-state index < -0.39 is 44.8 Å². The van der Waals surface area contributed by atoms with Gasteiger partial charge >= 0.3 is 6.18 Å². The minimum absolute atomic E-state index is 0.227. The summed E-state index contributed by atoms with van der Waals surface area (Å²) in [5.41, 5.74) is -2.40. The van der Waals surface area contributed by atoms with E-state index in [1.165, 1.54) is 0 Å². The zero-order valence-corrected chi connectivity index (χ0v) is 13.2. The van der Waals surface area contributed by atoms with Crippen LogP contribution >= 0.6 is 11.6 Å². The summed E-state index contributed by atoms with van der Waals surface area (Å²) in [5, 5.41) is -0.227. The van der Waals surface area contributed by atoms with E-state index >= 15 is 0 Å². The third-order valence-corrected chi connectivity index (χ3v) is 4.37. The number of sulfonamides is 1. The summed E-state index contributed by atoms with van der Waals surface area (Å²) in [6.07, 6.45) is -4.84. The molecule has 3 nitrogen and oxygen atoms in total. The minimum Gasteiger partial charge on any atom is -0.283 e. The van der Waals surface area contributed by atoms with Gasteiger partial charge in [0, 0.05) is 16.7 Å². The third-order valence-electron chi connectivity index (χ3n) is 2.91. The van der Waals surface area contributed by atoms with Gasteiger partial charge in [-0.2, -0.15) is 13.2 Å². The van der Waals surface area contributed by atoms with E-state index in [0.29, 0.717) is 12.1 Å². The molecule has 2 aromatic rings. The fourth-order valence-electron chi connectivity index (χ4n) is 1.89. The van der Waals surface area contributed by atoms with Crippen molar-refractivity contribution in [1.82, 2.24) is 0 Å². The maximum absolute atomic E-state index is 13.5. The van der Waals surface area contributed by atoms with Crippen LogP contribution in [0.25, 0.3) is 0 Å². The molecule has 0 saturated heterocycles. The number of alkyl halides is 3. The summed E-state index contributed by atoms with van der Waals surface area (Å²) in [5.74, 6) is -2.98. The van der Waals surface area contributed by atoms with Gasteiger partial charge in [-0.1, -0.05) is 17.7 Å². The van der Waals surface area contributed by atoms with E-state index in [1.54, 1.807) is 4.72 Å². The summed E-state index contributed by atoms with van der Waals surface area (Å²) >= 11 is 5.50. The summed E-state index contributed by atoms with van der Waals surface area (Å²) < 4.78 is 90.9. The van der Waals surface area contributed by atoms with Crippen molar-refractivity contribution in [3.8, 4) is 0 Å². The summed E-state index contributed by atoms with van der Waals surface area (Å²) in [6, 6.07) is 4.72. The molecule has 0 spiro atoms. The van der Waals surface area contributed by atoms with Gasteiger partial charge in [-0.15, -0.1) is 0 Å². The zero-order chi connectivity index (χ0) is 18.1. The van der Waals surface area contributed by atoms with Gasteiger partial charge in [-0.3, -0.25) is 4.72 Å². The van der Waals surface area contributed by atoms with E-state index in [2.05, 4.69) is 0 Å². The maximum Gasteiger partial charge on any atom is 0.418 e. The number of halogens is 6. The molecule has 0 aliphatic rings. The second-order valence-corrected chi connectivity index (χ2v) is 6.94. The second-order valence-electron chi connectivity index (χ2n) is 4.78. The highest BCUT2D eigenvalue weighted by molar-refractivity contribution is 7.91. The normalized spacial score (nSPS) is 12.2. The number of hydrogen-bond acceptors (Lipinski definition) is 2. The average Bonchev–Trinajstić information content (AvgIpc) is 2.42. The van der Waals surface area contributed by atoms with Gasteiger partial charge in [0.2, 0.25) is 10.0 Å². The summed E-state index contributed by atoms with van der Waals surface area (Å²) in [7, 11) is -4.37. The lowest BCUT2D eigenvalue weighted by Crippen LogP contribution is -2.19. The Morgan fingerprint density at radius 2 is 1.71 bits per heavy atom. The van der Waals surface area contributed by atoms with Crippen LogP contribution in [-0.4, -0.2) is 8.42 Å². The Kier molecular flexibility index (Phi) is 5.05. The molecule has 2 aromatic carbocycles. The first-order chi connectivity index (χ1) is 11.0. The lowest BCUT2D eigenvalue weighted by atomic mass is 10.2. The van der Waals surface area contributed by atoms with Crippen molar-refractivity contribution in [3.05, 3.63) is 64.2 Å². The van der Waals surface area contributed by atoms with E-state index in [0.717, 1.165) is 24.3 Å². The van der Waals surface area contributed by atoms with Crippen molar-refractivity contribution >= 4 is 27.3 Å². The molecule has 0 radical (unpaired) electrons. The van der Waals surface area contributed by atoms with Crippen LogP contribution in [-0.2, 0) is 22.0 Å². The fraction of sp³-hybridized carbons (Fsp3) is 0.143. The Bertz CT molecular complexity index is 868. The predicted octanol–water partition coefficient (Wildman–Crippen LogP) is 4.58. The van der Waals surface area contributed by atoms with Gasteiger partial charge in [0.15, 0.2) is 0 Å². The molecule has 0 atom stereocenters. The van der Waals surface area contributed by atoms with Gasteiger partial charge in [-0.05, 0) is 24.3 Å². The van der Waals surface area contributed by atoms with Gasteiger partial charge < -0.3 is 0 Å². The van der Waals surface area contributed by atoms with Crippen LogP contribution in [0.5, 0.6) is 0 Å². The predicted molar refractivity (Wildman–Crippen MR) is 79.1 cm³/mol. The highest BCUT2D eigenvalue weighted by Crippen LogP contribution is 2.37. The van der Waals surface area contributed by atoms with E-state index in [4.69, 9.17) is 11.6 Å². The first kappa shape index (κ1) is 18.5. The Morgan fingerprint density at radius 1 is 1.04 bits per heavy atom.